The van der Waals surface area contributed by atoms with Crippen LogP contribution in [0.15, 0.2) is 71.9 Å². The zero-order chi connectivity index (χ0) is 22.4. The van der Waals surface area contributed by atoms with Crippen LogP contribution in [0.1, 0.15) is 45.7 Å². The number of nitriles is 1. The Labute approximate surface area is 188 Å². The van der Waals surface area contributed by atoms with Gasteiger partial charge in [-0.15, -0.1) is 0 Å². The number of benzene rings is 1. The number of aromatic nitrogens is 3. The molecule has 0 fully saturated rings. The fraction of sp³-hybridized carbons (Fsp3) is 0.240. The number of anilines is 1. The third-order valence-corrected chi connectivity index (χ3v) is 5.51. The molecule has 0 aliphatic heterocycles. The van der Waals surface area contributed by atoms with E-state index in [-0.39, 0.29) is 5.41 Å². The molecule has 4 rings (SSSR count). The molecule has 0 saturated heterocycles. The molecule has 1 aromatic carbocycles. The highest BCUT2D eigenvalue weighted by Gasteiger charge is 2.14. The zero-order valence-electron chi connectivity index (χ0n) is 18.5. The molecule has 0 saturated carbocycles. The van der Waals surface area contributed by atoms with E-state index in [0.29, 0.717) is 5.56 Å². The van der Waals surface area contributed by atoms with Crippen LogP contribution in [0, 0.1) is 11.3 Å². The summed E-state index contributed by atoms with van der Waals surface area (Å²) in [7, 11) is 0. The van der Waals surface area contributed by atoms with Gasteiger partial charge < -0.3 is 4.72 Å². The zero-order valence-corrected chi connectivity index (χ0v) is 19.4. The smallest absolute Gasteiger partial charge is 0.138 e. The van der Waals surface area contributed by atoms with Crippen LogP contribution >= 0.6 is 11.9 Å². The Hall–Kier alpha value is -3.30. The van der Waals surface area contributed by atoms with E-state index in [2.05, 4.69) is 60.8 Å². The van der Waals surface area contributed by atoms with E-state index in [1.54, 1.807) is 16.9 Å². The molecule has 6 heteroatoms. The molecule has 0 amide bonds. The van der Waals surface area contributed by atoms with E-state index >= 15 is 0 Å². The average molecular weight is 430 g/mol. The van der Waals surface area contributed by atoms with Crippen molar-refractivity contribution in [2.45, 2.75) is 44.9 Å². The van der Waals surface area contributed by atoms with E-state index in [4.69, 9.17) is 5.10 Å². The van der Waals surface area contributed by atoms with Gasteiger partial charge >= 0.3 is 0 Å². The summed E-state index contributed by atoms with van der Waals surface area (Å²) in [6, 6.07) is 20.2. The number of hydrogen-bond donors (Lipinski definition) is 1. The molecule has 0 unspecified atom stereocenters. The van der Waals surface area contributed by atoms with Crippen LogP contribution in [0.25, 0.3) is 16.8 Å². The van der Waals surface area contributed by atoms with E-state index in [1.165, 1.54) is 17.5 Å². The predicted molar refractivity (Wildman–Crippen MR) is 129 cm³/mol. The van der Waals surface area contributed by atoms with Gasteiger partial charge in [-0.1, -0.05) is 46.8 Å². The fourth-order valence-corrected chi connectivity index (χ4v) is 3.69. The molecule has 158 valence electrons. The lowest BCUT2D eigenvalue weighted by molar-refractivity contribution is 0.590. The first kappa shape index (κ1) is 22.4. The minimum absolute atomic E-state index is 0.133. The van der Waals surface area contributed by atoms with Gasteiger partial charge in [-0.25, -0.2) is 4.52 Å². The first-order valence-electron chi connectivity index (χ1n) is 10.3. The molecule has 0 bridgehead atoms. The topological polar surface area (TPSA) is 66.0 Å². The predicted octanol–water partition coefficient (Wildman–Crippen LogP) is 6.71. The Morgan fingerprint density at radius 1 is 1.03 bits per heavy atom. The van der Waals surface area contributed by atoms with Gasteiger partial charge in [0, 0.05) is 22.9 Å². The summed E-state index contributed by atoms with van der Waals surface area (Å²) in [6.45, 7) is 10.6. The standard InChI is InChI=1S/C23H21N5S.C2H6/c1-23(2,3)18-7-9-19(10-8-18)29-27-22-11-6-16(14-24)21-13-20(26-28(21)22)17-5-4-12-25-15-17;1-2/h4-13,15,27H,1-3H3;1-2H3. The van der Waals surface area contributed by atoms with E-state index in [9.17, 15) is 5.26 Å². The van der Waals surface area contributed by atoms with Gasteiger partial charge in [0.2, 0.25) is 0 Å². The summed E-state index contributed by atoms with van der Waals surface area (Å²) < 4.78 is 5.15. The molecular formula is C25H27N5S. The van der Waals surface area contributed by atoms with Crippen LogP contribution in [0.4, 0.5) is 5.82 Å². The normalized spacial score (nSPS) is 10.8. The molecule has 0 aliphatic rings. The SMILES string of the molecule is CC.CC(C)(C)c1ccc(SNc2ccc(C#N)c3cc(-c4cccnc4)nn23)cc1. The Kier molecular flexibility index (Phi) is 6.98. The van der Waals surface area contributed by atoms with E-state index < -0.39 is 0 Å². The highest BCUT2D eigenvalue weighted by atomic mass is 32.2. The third kappa shape index (κ3) is 5.07. The summed E-state index contributed by atoms with van der Waals surface area (Å²) in [5.41, 5.74) is 4.47. The van der Waals surface area contributed by atoms with Crippen molar-refractivity contribution in [2.24, 2.45) is 0 Å². The molecule has 3 heterocycles. The summed E-state index contributed by atoms with van der Waals surface area (Å²) in [4.78, 5) is 5.27. The van der Waals surface area contributed by atoms with Gasteiger partial charge in [0.05, 0.1) is 16.8 Å². The number of hydrogen-bond acceptors (Lipinski definition) is 5. The third-order valence-electron chi connectivity index (χ3n) is 4.69. The second-order valence-corrected chi connectivity index (χ2v) is 8.67. The van der Waals surface area contributed by atoms with Crippen molar-refractivity contribution >= 4 is 23.3 Å². The second kappa shape index (κ2) is 9.67. The summed E-state index contributed by atoms with van der Waals surface area (Å²) in [6.07, 6.45) is 3.50. The lowest BCUT2D eigenvalue weighted by Crippen LogP contribution is -2.10. The van der Waals surface area contributed by atoms with Crippen molar-refractivity contribution < 1.29 is 0 Å². The minimum Gasteiger partial charge on any atom is -0.310 e. The fourth-order valence-electron chi connectivity index (χ4n) is 3.04. The first-order chi connectivity index (χ1) is 15.0. The van der Waals surface area contributed by atoms with Crippen molar-refractivity contribution in [3.05, 3.63) is 78.1 Å². The molecule has 0 aliphatic carbocycles. The van der Waals surface area contributed by atoms with Gasteiger partial charge in [-0.2, -0.15) is 10.4 Å². The van der Waals surface area contributed by atoms with Crippen LogP contribution in [-0.4, -0.2) is 14.6 Å². The number of nitrogens with one attached hydrogen (secondary N) is 1. The van der Waals surface area contributed by atoms with Crippen molar-refractivity contribution in [3.8, 4) is 17.3 Å². The number of pyridine rings is 2. The van der Waals surface area contributed by atoms with Crippen molar-refractivity contribution in [1.29, 1.82) is 5.26 Å². The molecule has 3 aromatic heterocycles. The summed E-state index contributed by atoms with van der Waals surface area (Å²) in [5, 5.41) is 14.2. The van der Waals surface area contributed by atoms with Gasteiger partial charge in [0.25, 0.3) is 0 Å². The van der Waals surface area contributed by atoms with Gasteiger partial charge in [0.15, 0.2) is 0 Å². The maximum Gasteiger partial charge on any atom is 0.138 e. The van der Waals surface area contributed by atoms with Crippen LogP contribution in [-0.2, 0) is 5.41 Å². The maximum absolute atomic E-state index is 9.48. The number of rotatable bonds is 4. The summed E-state index contributed by atoms with van der Waals surface area (Å²) in [5.74, 6) is 0.805. The van der Waals surface area contributed by atoms with E-state index in [1.807, 2.05) is 44.2 Å². The first-order valence-corrected chi connectivity index (χ1v) is 11.1. The van der Waals surface area contributed by atoms with Crippen molar-refractivity contribution in [3.63, 3.8) is 0 Å². The highest BCUT2D eigenvalue weighted by Crippen LogP contribution is 2.28. The lowest BCUT2D eigenvalue weighted by Gasteiger charge is -2.19. The van der Waals surface area contributed by atoms with Crippen LogP contribution in [0.3, 0.4) is 0 Å². The monoisotopic (exact) mass is 429 g/mol. The molecule has 31 heavy (non-hydrogen) atoms. The van der Waals surface area contributed by atoms with Gasteiger partial charge in [-0.3, -0.25) is 4.98 Å². The lowest BCUT2D eigenvalue weighted by atomic mass is 9.87. The quantitative estimate of drug-likeness (QED) is 0.365. The van der Waals surface area contributed by atoms with Crippen molar-refractivity contribution in [2.75, 3.05) is 4.72 Å². The number of nitrogens with zero attached hydrogens (tertiary/aromatic N) is 4. The second-order valence-electron chi connectivity index (χ2n) is 7.79. The van der Waals surface area contributed by atoms with Crippen LogP contribution in [0.2, 0.25) is 0 Å². The Morgan fingerprint density at radius 3 is 2.39 bits per heavy atom. The molecule has 1 N–H and O–H groups in total. The minimum atomic E-state index is 0.133. The van der Waals surface area contributed by atoms with Gasteiger partial charge in [0.1, 0.15) is 11.9 Å². The largest absolute Gasteiger partial charge is 0.310 e. The molecule has 0 radical (unpaired) electrons. The maximum atomic E-state index is 9.48. The highest BCUT2D eigenvalue weighted by molar-refractivity contribution is 8.00. The van der Waals surface area contributed by atoms with Crippen LogP contribution < -0.4 is 4.72 Å². The van der Waals surface area contributed by atoms with Crippen LogP contribution in [0.5, 0.6) is 0 Å². The molecule has 0 spiro atoms. The Morgan fingerprint density at radius 2 is 1.77 bits per heavy atom. The average Bonchev–Trinajstić information content (AvgIpc) is 3.25. The van der Waals surface area contributed by atoms with E-state index in [0.717, 1.165) is 27.5 Å². The number of fused-ring (bicyclic) bond motifs is 1. The molecule has 4 aromatic rings. The summed E-state index contributed by atoms with van der Waals surface area (Å²) >= 11 is 1.52. The van der Waals surface area contributed by atoms with Gasteiger partial charge in [-0.05, 0) is 65.4 Å². The molecule has 0 atom stereocenters. The molecule has 5 nitrogen and oxygen atoms in total. The van der Waals surface area contributed by atoms with Crippen molar-refractivity contribution in [1.82, 2.24) is 14.6 Å². The Balaban J connectivity index is 0.00000132. The molecular weight excluding hydrogens is 402 g/mol. The Bertz CT molecular complexity index is 1180.